The van der Waals surface area contributed by atoms with Crippen LogP contribution in [0.1, 0.15) is 36.4 Å². The third kappa shape index (κ3) is 4.75. The summed E-state index contributed by atoms with van der Waals surface area (Å²) in [7, 11) is 0. The molecule has 33 heavy (non-hydrogen) atoms. The van der Waals surface area contributed by atoms with Gasteiger partial charge in [0.2, 0.25) is 0 Å². The van der Waals surface area contributed by atoms with Gasteiger partial charge in [-0.3, -0.25) is 4.79 Å². The van der Waals surface area contributed by atoms with Gasteiger partial charge in [-0.05, 0) is 93.1 Å². The number of cyclic esters (lactones) is 1. The zero-order valence-electron chi connectivity index (χ0n) is 19.0. The number of esters is 2. The van der Waals surface area contributed by atoms with Gasteiger partial charge in [0.25, 0.3) is 0 Å². The molecule has 0 unspecified atom stereocenters. The molecule has 2 aromatic carbocycles. The van der Waals surface area contributed by atoms with E-state index in [1.165, 1.54) is 6.92 Å². The van der Waals surface area contributed by atoms with Gasteiger partial charge in [0, 0.05) is 29.6 Å². The molecular formula is C27H25NO5. The van der Waals surface area contributed by atoms with Crippen molar-refractivity contribution in [2.24, 2.45) is 0 Å². The number of carbonyl (C=O) groups excluding carboxylic acids is 2. The predicted octanol–water partition coefficient (Wildman–Crippen LogP) is 5.40. The van der Waals surface area contributed by atoms with E-state index < -0.39 is 0 Å². The highest BCUT2D eigenvalue weighted by atomic mass is 16.5. The van der Waals surface area contributed by atoms with E-state index in [2.05, 4.69) is 4.57 Å². The van der Waals surface area contributed by atoms with Gasteiger partial charge in [-0.2, -0.15) is 0 Å². The summed E-state index contributed by atoms with van der Waals surface area (Å²) in [6.07, 6.45) is 3.61. The first-order valence-electron chi connectivity index (χ1n) is 10.7. The second kappa shape index (κ2) is 9.20. The Bertz CT molecular complexity index is 1260. The first-order valence-corrected chi connectivity index (χ1v) is 10.7. The number of benzene rings is 2. The SMILES string of the molecule is CCOc1ccc(C2=C/C(=C/c3cc(C)n(-c4ccc(OC(C)=O)cc4)c3C)C(=O)O2)cc1. The van der Waals surface area contributed by atoms with Crippen molar-refractivity contribution in [3.05, 3.63) is 88.8 Å². The van der Waals surface area contributed by atoms with E-state index in [1.807, 2.05) is 69.3 Å². The lowest BCUT2D eigenvalue weighted by atomic mass is 10.1. The van der Waals surface area contributed by atoms with Crippen LogP contribution >= 0.6 is 0 Å². The summed E-state index contributed by atoms with van der Waals surface area (Å²) in [6, 6.07) is 16.8. The Hall–Kier alpha value is -4.06. The van der Waals surface area contributed by atoms with Crippen LogP contribution in [0.15, 0.2) is 66.2 Å². The highest BCUT2D eigenvalue weighted by Crippen LogP contribution is 2.30. The molecule has 0 spiro atoms. The van der Waals surface area contributed by atoms with Crippen molar-refractivity contribution in [2.45, 2.75) is 27.7 Å². The maximum absolute atomic E-state index is 12.5. The van der Waals surface area contributed by atoms with Crippen LogP contribution in [0.25, 0.3) is 17.5 Å². The zero-order valence-corrected chi connectivity index (χ0v) is 19.0. The number of rotatable bonds is 6. The maximum atomic E-state index is 12.5. The van der Waals surface area contributed by atoms with Crippen molar-refractivity contribution in [3.63, 3.8) is 0 Å². The molecule has 0 bridgehead atoms. The predicted molar refractivity (Wildman–Crippen MR) is 126 cm³/mol. The molecule has 0 saturated carbocycles. The molecule has 1 aliphatic rings. The summed E-state index contributed by atoms with van der Waals surface area (Å²) in [5.74, 6) is 1.05. The molecule has 4 rings (SSSR count). The standard InChI is InChI=1S/C27H25NO5/c1-5-31-24-10-6-20(7-11-24)26-16-22(27(30)33-26)15-21-14-17(2)28(18(21)3)23-8-12-25(13-9-23)32-19(4)29/h6-16H,5H2,1-4H3/b22-15-. The number of hydrogen-bond acceptors (Lipinski definition) is 5. The van der Waals surface area contributed by atoms with Gasteiger partial charge in [-0.25, -0.2) is 4.79 Å². The van der Waals surface area contributed by atoms with Crippen LogP contribution in [0.2, 0.25) is 0 Å². The lowest BCUT2D eigenvalue weighted by Crippen LogP contribution is -2.02. The minimum Gasteiger partial charge on any atom is -0.494 e. The van der Waals surface area contributed by atoms with Gasteiger partial charge in [-0.1, -0.05) is 0 Å². The Morgan fingerprint density at radius 3 is 2.33 bits per heavy atom. The number of aryl methyl sites for hydroxylation is 1. The van der Waals surface area contributed by atoms with Gasteiger partial charge >= 0.3 is 11.9 Å². The Labute approximate surface area is 192 Å². The van der Waals surface area contributed by atoms with Crippen molar-refractivity contribution in [1.82, 2.24) is 4.57 Å². The summed E-state index contributed by atoms with van der Waals surface area (Å²) in [5, 5.41) is 0. The highest BCUT2D eigenvalue weighted by molar-refractivity contribution is 6.05. The van der Waals surface area contributed by atoms with Crippen LogP contribution in [0.5, 0.6) is 11.5 Å². The Morgan fingerprint density at radius 1 is 1.03 bits per heavy atom. The molecule has 168 valence electrons. The van der Waals surface area contributed by atoms with Crippen LogP contribution in [0, 0.1) is 13.8 Å². The fraction of sp³-hybridized carbons (Fsp3) is 0.185. The van der Waals surface area contributed by atoms with Crippen molar-refractivity contribution < 1.29 is 23.8 Å². The molecule has 0 saturated heterocycles. The van der Waals surface area contributed by atoms with Crippen molar-refractivity contribution in [2.75, 3.05) is 6.61 Å². The van der Waals surface area contributed by atoms with Crippen LogP contribution in [-0.4, -0.2) is 23.1 Å². The number of ether oxygens (including phenoxy) is 3. The summed E-state index contributed by atoms with van der Waals surface area (Å²) >= 11 is 0. The van der Waals surface area contributed by atoms with E-state index in [4.69, 9.17) is 14.2 Å². The van der Waals surface area contributed by atoms with E-state index >= 15 is 0 Å². The van der Waals surface area contributed by atoms with Crippen molar-refractivity contribution >= 4 is 23.8 Å². The second-order valence-corrected chi connectivity index (χ2v) is 7.70. The molecule has 6 heteroatoms. The largest absolute Gasteiger partial charge is 0.494 e. The Morgan fingerprint density at radius 2 is 1.70 bits per heavy atom. The molecule has 6 nitrogen and oxygen atoms in total. The molecule has 0 radical (unpaired) electrons. The van der Waals surface area contributed by atoms with Crippen molar-refractivity contribution in [3.8, 4) is 17.2 Å². The zero-order chi connectivity index (χ0) is 23.5. The van der Waals surface area contributed by atoms with Gasteiger partial charge in [-0.15, -0.1) is 0 Å². The van der Waals surface area contributed by atoms with Crippen LogP contribution in [-0.2, 0) is 14.3 Å². The molecular weight excluding hydrogens is 418 g/mol. The van der Waals surface area contributed by atoms with E-state index in [9.17, 15) is 9.59 Å². The molecule has 0 N–H and O–H groups in total. The van der Waals surface area contributed by atoms with E-state index in [-0.39, 0.29) is 11.9 Å². The third-order valence-corrected chi connectivity index (χ3v) is 5.31. The maximum Gasteiger partial charge on any atom is 0.343 e. The minimum absolute atomic E-state index is 0.355. The smallest absolute Gasteiger partial charge is 0.343 e. The lowest BCUT2D eigenvalue weighted by Gasteiger charge is -2.10. The molecule has 0 fully saturated rings. The quantitative estimate of drug-likeness (QED) is 0.290. The van der Waals surface area contributed by atoms with E-state index in [0.29, 0.717) is 23.7 Å². The van der Waals surface area contributed by atoms with Crippen LogP contribution < -0.4 is 9.47 Å². The summed E-state index contributed by atoms with van der Waals surface area (Å²) in [5.41, 5.74) is 5.16. The Kier molecular flexibility index (Phi) is 6.18. The van der Waals surface area contributed by atoms with Gasteiger partial charge in [0.05, 0.1) is 12.2 Å². The molecule has 1 aromatic heterocycles. The topological polar surface area (TPSA) is 66.8 Å². The molecule has 3 aromatic rings. The average molecular weight is 443 g/mol. The van der Waals surface area contributed by atoms with Crippen LogP contribution in [0.3, 0.4) is 0 Å². The van der Waals surface area contributed by atoms with E-state index in [1.54, 1.807) is 18.2 Å². The molecule has 0 atom stereocenters. The third-order valence-electron chi connectivity index (χ3n) is 5.31. The van der Waals surface area contributed by atoms with Crippen molar-refractivity contribution in [1.29, 1.82) is 0 Å². The van der Waals surface area contributed by atoms with Gasteiger partial charge in [0.1, 0.15) is 17.3 Å². The molecule has 1 aliphatic heterocycles. The number of hydrogen-bond donors (Lipinski definition) is 0. The summed E-state index contributed by atoms with van der Waals surface area (Å²) in [6.45, 7) is 7.90. The fourth-order valence-electron chi connectivity index (χ4n) is 3.84. The first kappa shape index (κ1) is 22.1. The monoisotopic (exact) mass is 443 g/mol. The molecule has 2 heterocycles. The summed E-state index contributed by atoms with van der Waals surface area (Å²) < 4.78 is 18.2. The minimum atomic E-state index is -0.380. The normalized spacial score (nSPS) is 14.2. The van der Waals surface area contributed by atoms with Gasteiger partial charge in [0.15, 0.2) is 0 Å². The molecule has 0 aliphatic carbocycles. The second-order valence-electron chi connectivity index (χ2n) is 7.70. The average Bonchev–Trinajstić information content (AvgIpc) is 3.28. The van der Waals surface area contributed by atoms with Gasteiger partial charge < -0.3 is 18.8 Å². The molecule has 0 amide bonds. The summed E-state index contributed by atoms with van der Waals surface area (Å²) in [4.78, 5) is 23.7. The number of carbonyl (C=O) groups is 2. The van der Waals surface area contributed by atoms with Crippen LogP contribution in [0.4, 0.5) is 0 Å². The lowest BCUT2D eigenvalue weighted by molar-refractivity contribution is -0.132. The first-order chi connectivity index (χ1) is 15.9. The number of nitrogens with zero attached hydrogens (tertiary/aromatic N) is 1. The fourth-order valence-corrected chi connectivity index (χ4v) is 3.84. The number of aromatic nitrogens is 1. The van der Waals surface area contributed by atoms with E-state index in [0.717, 1.165) is 34.0 Å². The highest BCUT2D eigenvalue weighted by Gasteiger charge is 2.23. The Balaban J connectivity index is 1.61.